The molecule has 2 N–H and O–H groups in total. The van der Waals surface area contributed by atoms with Gasteiger partial charge in [0, 0.05) is 19.1 Å². The molecule has 1 aliphatic heterocycles. The SMILES string of the molecule is CCC(C)(CN)CN1CCOC2CCCCC21. The number of ether oxygens (including phenoxy) is 1. The van der Waals surface area contributed by atoms with Crippen molar-refractivity contribution in [3.8, 4) is 0 Å². The first kappa shape index (κ1) is 13.3. The average Bonchev–Trinajstić information content (AvgIpc) is 2.39. The molecule has 2 fully saturated rings. The fourth-order valence-corrected chi connectivity index (χ4v) is 3.18. The third kappa shape index (κ3) is 3.01. The van der Waals surface area contributed by atoms with Gasteiger partial charge in [-0.3, -0.25) is 4.90 Å². The van der Waals surface area contributed by atoms with Gasteiger partial charge in [0.05, 0.1) is 12.7 Å². The summed E-state index contributed by atoms with van der Waals surface area (Å²) in [5.74, 6) is 0. The van der Waals surface area contributed by atoms with E-state index in [2.05, 4.69) is 18.7 Å². The van der Waals surface area contributed by atoms with Gasteiger partial charge in [-0.1, -0.05) is 26.7 Å². The minimum atomic E-state index is 0.277. The van der Waals surface area contributed by atoms with Gasteiger partial charge in [-0.05, 0) is 31.2 Å². The lowest BCUT2D eigenvalue weighted by Gasteiger charge is -2.46. The van der Waals surface area contributed by atoms with Crippen molar-refractivity contribution in [3.05, 3.63) is 0 Å². The number of hydrogen-bond donors (Lipinski definition) is 1. The van der Waals surface area contributed by atoms with Gasteiger partial charge in [-0.15, -0.1) is 0 Å². The molecule has 1 saturated carbocycles. The molecule has 3 unspecified atom stereocenters. The number of hydrogen-bond acceptors (Lipinski definition) is 3. The Hall–Kier alpha value is -0.120. The van der Waals surface area contributed by atoms with Crippen LogP contribution in [0.1, 0.15) is 46.0 Å². The van der Waals surface area contributed by atoms with Crippen LogP contribution in [0.3, 0.4) is 0 Å². The topological polar surface area (TPSA) is 38.5 Å². The van der Waals surface area contributed by atoms with Gasteiger partial charge in [0.15, 0.2) is 0 Å². The highest BCUT2D eigenvalue weighted by Crippen LogP contribution is 2.31. The Labute approximate surface area is 106 Å². The van der Waals surface area contributed by atoms with E-state index in [1.165, 1.54) is 25.7 Å². The highest BCUT2D eigenvalue weighted by molar-refractivity contribution is 4.90. The smallest absolute Gasteiger partial charge is 0.0730 e. The van der Waals surface area contributed by atoms with E-state index in [4.69, 9.17) is 10.5 Å². The van der Waals surface area contributed by atoms with Crippen LogP contribution < -0.4 is 5.73 Å². The lowest BCUT2D eigenvalue weighted by molar-refractivity contribution is -0.0974. The van der Waals surface area contributed by atoms with E-state index in [0.29, 0.717) is 12.1 Å². The molecule has 0 radical (unpaired) electrons. The fraction of sp³-hybridized carbons (Fsp3) is 1.00. The first-order valence-electron chi connectivity index (χ1n) is 7.24. The monoisotopic (exact) mass is 240 g/mol. The van der Waals surface area contributed by atoms with E-state index in [1.54, 1.807) is 0 Å². The van der Waals surface area contributed by atoms with Crippen molar-refractivity contribution in [2.45, 2.75) is 58.1 Å². The molecule has 1 aliphatic carbocycles. The molecule has 0 aromatic rings. The zero-order valence-electron chi connectivity index (χ0n) is 11.5. The van der Waals surface area contributed by atoms with Crippen molar-refractivity contribution in [1.29, 1.82) is 0 Å². The van der Waals surface area contributed by atoms with Crippen LogP contribution in [0.15, 0.2) is 0 Å². The number of nitrogens with zero attached hydrogens (tertiary/aromatic N) is 1. The van der Waals surface area contributed by atoms with E-state index in [1.807, 2.05) is 0 Å². The molecule has 17 heavy (non-hydrogen) atoms. The Morgan fingerprint density at radius 2 is 2.12 bits per heavy atom. The summed E-state index contributed by atoms with van der Waals surface area (Å²) in [6, 6.07) is 0.662. The summed E-state index contributed by atoms with van der Waals surface area (Å²) in [6.45, 7) is 8.51. The molecule has 3 atom stereocenters. The Balaban J connectivity index is 1.98. The summed E-state index contributed by atoms with van der Waals surface area (Å²) >= 11 is 0. The summed E-state index contributed by atoms with van der Waals surface area (Å²) in [7, 11) is 0. The molecule has 3 nitrogen and oxygen atoms in total. The summed E-state index contributed by atoms with van der Waals surface area (Å²) in [5, 5.41) is 0. The molecule has 0 bridgehead atoms. The van der Waals surface area contributed by atoms with Crippen LogP contribution in [0.25, 0.3) is 0 Å². The Morgan fingerprint density at radius 3 is 2.82 bits per heavy atom. The molecular weight excluding hydrogens is 212 g/mol. The van der Waals surface area contributed by atoms with Crippen LogP contribution in [0, 0.1) is 5.41 Å². The fourth-order valence-electron chi connectivity index (χ4n) is 3.18. The molecule has 0 aromatic heterocycles. The Morgan fingerprint density at radius 1 is 1.35 bits per heavy atom. The minimum absolute atomic E-state index is 0.277. The van der Waals surface area contributed by atoms with Gasteiger partial charge in [0.25, 0.3) is 0 Å². The largest absolute Gasteiger partial charge is 0.375 e. The maximum Gasteiger partial charge on any atom is 0.0730 e. The quantitative estimate of drug-likeness (QED) is 0.817. The van der Waals surface area contributed by atoms with Crippen molar-refractivity contribution in [2.75, 3.05) is 26.2 Å². The van der Waals surface area contributed by atoms with Gasteiger partial charge >= 0.3 is 0 Å². The summed E-state index contributed by atoms with van der Waals surface area (Å²) in [4.78, 5) is 2.66. The molecular formula is C14H28N2O. The summed E-state index contributed by atoms with van der Waals surface area (Å²) in [5.41, 5.74) is 6.22. The van der Waals surface area contributed by atoms with Crippen LogP contribution in [0.5, 0.6) is 0 Å². The van der Waals surface area contributed by atoms with Crippen LogP contribution in [-0.2, 0) is 4.74 Å². The number of nitrogens with two attached hydrogens (primary N) is 1. The second kappa shape index (κ2) is 5.68. The highest BCUT2D eigenvalue weighted by atomic mass is 16.5. The van der Waals surface area contributed by atoms with E-state index in [9.17, 15) is 0 Å². The van der Waals surface area contributed by atoms with Crippen molar-refractivity contribution in [2.24, 2.45) is 11.1 Å². The van der Waals surface area contributed by atoms with Crippen molar-refractivity contribution in [3.63, 3.8) is 0 Å². The van der Waals surface area contributed by atoms with Crippen molar-refractivity contribution >= 4 is 0 Å². The molecule has 1 heterocycles. The van der Waals surface area contributed by atoms with Gasteiger partial charge in [0.2, 0.25) is 0 Å². The zero-order chi connectivity index (χ0) is 12.3. The number of fused-ring (bicyclic) bond motifs is 1. The maximum absolute atomic E-state index is 5.94. The lowest BCUT2D eigenvalue weighted by atomic mass is 9.84. The molecule has 2 aliphatic rings. The van der Waals surface area contributed by atoms with Gasteiger partial charge in [-0.25, -0.2) is 0 Å². The predicted molar refractivity (Wildman–Crippen MR) is 71.0 cm³/mol. The maximum atomic E-state index is 5.94. The first-order valence-corrected chi connectivity index (χ1v) is 7.24. The molecule has 3 heteroatoms. The summed E-state index contributed by atoms with van der Waals surface area (Å²) < 4.78 is 5.92. The van der Waals surface area contributed by atoms with E-state index in [-0.39, 0.29) is 5.41 Å². The van der Waals surface area contributed by atoms with E-state index >= 15 is 0 Å². The highest BCUT2D eigenvalue weighted by Gasteiger charge is 2.36. The predicted octanol–water partition coefficient (Wildman–Crippen LogP) is 2.00. The van der Waals surface area contributed by atoms with Crippen LogP contribution in [0.4, 0.5) is 0 Å². The normalized spacial score (nSPS) is 34.1. The average molecular weight is 240 g/mol. The molecule has 0 aromatic carbocycles. The van der Waals surface area contributed by atoms with Crippen molar-refractivity contribution < 1.29 is 4.74 Å². The molecule has 100 valence electrons. The van der Waals surface area contributed by atoms with Crippen LogP contribution in [0.2, 0.25) is 0 Å². The van der Waals surface area contributed by atoms with Crippen LogP contribution >= 0.6 is 0 Å². The molecule has 0 amide bonds. The third-order valence-electron chi connectivity index (χ3n) is 4.78. The molecule has 2 rings (SSSR count). The standard InChI is InChI=1S/C14H28N2O/c1-3-14(2,10-15)11-16-8-9-17-13-7-5-4-6-12(13)16/h12-13H,3-11,15H2,1-2H3. The molecule has 1 saturated heterocycles. The van der Waals surface area contributed by atoms with E-state index < -0.39 is 0 Å². The number of morpholine rings is 1. The lowest BCUT2D eigenvalue weighted by Crippen LogP contribution is -2.56. The Kier molecular flexibility index (Phi) is 4.45. The summed E-state index contributed by atoms with van der Waals surface area (Å²) in [6.07, 6.45) is 6.94. The second-order valence-corrected chi connectivity index (χ2v) is 6.10. The van der Waals surface area contributed by atoms with Gasteiger partial charge in [-0.2, -0.15) is 0 Å². The van der Waals surface area contributed by atoms with Gasteiger partial charge in [0.1, 0.15) is 0 Å². The van der Waals surface area contributed by atoms with E-state index in [0.717, 1.165) is 32.7 Å². The minimum Gasteiger partial charge on any atom is -0.375 e. The number of rotatable bonds is 4. The third-order valence-corrected chi connectivity index (χ3v) is 4.78. The second-order valence-electron chi connectivity index (χ2n) is 6.10. The van der Waals surface area contributed by atoms with Crippen molar-refractivity contribution in [1.82, 2.24) is 4.90 Å². The zero-order valence-corrected chi connectivity index (χ0v) is 11.5. The Bertz CT molecular complexity index is 238. The van der Waals surface area contributed by atoms with Crippen LogP contribution in [-0.4, -0.2) is 43.3 Å². The molecule has 0 spiro atoms. The van der Waals surface area contributed by atoms with Gasteiger partial charge < -0.3 is 10.5 Å². The first-order chi connectivity index (χ1) is 8.18.